The van der Waals surface area contributed by atoms with E-state index < -0.39 is 5.54 Å². The lowest BCUT2D eigenvalue weighted by Crippen LogP contribution is -2.55. The highest BCUT2D eigenvalue weighted by molar-refractivity contribution is 5.19. The van der Waals surface area contributed by atoms with Gasteiger partial charge < -0.3 is 10.4 Å². The van der Waals surface area contributed by atoms with Gasteiger partial charge in [0.2, 0.25) is 0 Å². The van der Waals surface area contributed by atoms with Crippen LogP contribution in [0.2, 0.25) is 0 Å². The van der Waals surface area contributed by atoms with E-state index in [-0.39, 0.29) is 6.61 Å². The molecule has 0 saturated carbocycles. The van der Waals surface area contributed by atoms with Crippen LogP contribution >= 0.6 is 0 Å². The van der Waals surface area contributed by atoms with Gasteiger partial charge in [0.15, 0.2) is 0 Å². The Morgan fingerprint density at radius 2 is 2.00 bits per heavy atom. The Balaban J connectivity index is 2.32. The van der Waals surface area contributed by atoms with Crippen molar-refractivity contribution in [1.29, 1.82) is 0 Å². The van der Waals surface area contributed by atoms with Crippen LogP contribution in [-0.4, -0.2) is 52.8 Å². The summed E-state index contributed by atoms with van der Waals surface area (Å²) in [7, 11) is 0. The Hall–Kier alpha value is -1.04. The highest BCUT2D eigenvalue weighted by atomic mass is 16.3. The van der Waals surface area contributed by atoms with Gasteiger partial charge in [0.05, 0.1) is 23.5 Å². The molecule has 1 unspecified atom stereocenters. The molecule has 2 N–H and O–H groups in total. The van der Waals surface area contributed by atoms with Gasteiger partial charge in [0.1, 0.15) is 0 Å². The molecule has 2 heterocycles. The molecule has 0 aromatic carbocycles. The molecule has 2 rings (SSSR count). The van der Waals surface area contributed by atoms with Crippen molar-refractivity contribution in [2.45, 2.75) is 19.4 Å². The fraction of sp³-hybridized carbons (Fsp3) is 0.667. The molecule has 0 radical (unpaired) electrons. The number of aliphatic hydroxyl groups excluding tert-OH is 1. The first kappa shape index (κ1) is 12.4. The Morgan fingerprint density at radius 1 is 1.35 bits per heavy atom. The largest absolute Gasteiger partial charge is 0.394 e. The number of aromatic nitrogens is 2. The molecule has 5 heteroatoms. The van der Waals surface area contributed by atoms with Crippen LogP contribution in [0, 0.1) is 6.92 Å². The van der Waals surface area contributed by atoms with Gasteiger partial charge in [-0.3, -0.25) is 14.9 Å². The van der Waals surface area contributed by atoms with Gasteiger partial charge in [0.25, 0.3) is 0 Å². The summed E-state index contributed by atoms with van der Waals surface area (Å²) in [5.74, 6) is 0. The molecule has 1 fully saturated rings. The van der Waals surface area contributed by atoms with E-state index in [1.807, 2.05) is 13.8 Å². The smallest absolute Gasteiger partial charge is 0.0858 e. The predicted octanol–water partition coefficient (Wildman–Crippen LogP) is -0.102. The molecule has 17 heavy (non-hydrogen) atoms. The van der Waals surface area contributed by atoms with Crippen molar-refractivity contribution in [1.82, 2.24) is 20.2 Å². The molecule has 5 nitrogen and oxygen atoms in total. The lowest BCUT2D eigenvalue weighted by atomic mass is 9.93. The second-order valence-electron chi connectivity index (χ2n) is 4.66. The highest BCUT2D eigenvalue weighted by Crippen LogP contribution is 2.27. The van der Waals surface area contributed by atoms with Crippen LogP contribution in [0.15, 0.2) is 12.4 Å². The standard InChI is InChI=1S/C12H20N4O/c1-10-11(15-4-3-14-10)12(2,9-17)16-7-5-13-6-8-16/h3-4,13,17H,5-9H2,1-2H3. The summed E-state index contributed by atoms with van der Waals surface area (Å²) >= 11 is 0. The second kappa shape index (κ2) is 5.08. The van der Waals surface area contributed by atoms with Crippen molar-refractivity contribution >= 4 is 0 Å². The molecular weight excluding hydrogens is 216 g/mol. The maximum atomic E-state index is 9.79. The van der Waals surface area contributed by atoms with Crippen LogP contribution in [0.1, 0.15) is 18.3 Å². The van der Waals surface area contributed by atoms with Crippen LogP contribution in [0.5, 0.6) is 0 Å². The van der Waals surface area contributed by atoms with Crippen molar-refractivity contribution < 1.29 is 5.11 Å². The molecule has 1 aliphatic heterocycles. The zero-order valence-corrected chi connectivity index (χ0v) is 10.5. The lowest BCUT2D eigenvalue weighted by Gasteiger charge is -2.42. The summed E-state index contributed by atoms with van der Waals surface area (Å²) in [5.41, 5.74) is 1.34. The maximum absolute atomic E-state index is 9.79. The number of nitrogens with one attached hydrogen (secondary N) is 1. The van der Waals surface area contributed by atoms with E-state index in [4.69, 9.17) is 0 Å². The quantitative estimate of drug-likeness (QED) is 0.767. The summed E-state index contributed by atoms with van der Waals surface area (Å²) in [6.45, 7) is 7.80. The second-order valence-corrected chi connectivity index (χ2v) is 4.66. The summed E-state index contributed by atoms with van der Waals surface area (Å²) in [5, 5.41) is 13.1. The lowest BCUT2D eigenvalue weighted by molar-refractivity contribution is 0.0272. The van der Waals surface area contributed by atoms with Gasteiger partial charge in [-0.05, 0) is 13.8 Å². The minimum absolute atomic E-state index is 0.0620. The summed E-state index contributed by atoms with van der Waals surface area (Å²) in [6.07, 6.45) is 3.38. The van der Waals surface area contributed by atoms with E-state index in [9.17, 15) is 5.11 Å². The van der Waals surface area contributed by atoms with E-state index in [2.05, 4.69) is 20.2 Å². The average Bonchev–Trinajstić information content (AvgIpc) is 2.39. The Bertz CT molecular complexity index is 379. The summed E-state index contributed by atoms with van der Waals surface area (Å²) in [6, 6.07) is 0. The Kier molecular flexibility index (Phi) is 3.71. The Labute approximate surface area is 102 Å². The van der Waals surface area contributed by atoms with Crippen LogP contribution in [0.3, 0.4) is 0 Å². The van der Waals surface area contributed by atoms with Crippen molar-refractivity contribution in [2.24, 2.45) is 0 Å². The predicted molar refractivity (Wildman–Crippen MR) is 65.6 cm³/mol. The zero-order chi connectivity index (χ0) is 12.3. The first-order valence-electron chi connectivity index (χ1n) is 6.03. The molecule has 1 aromatic rings. The number of hydrogen-bond donors (Lipinski definition) is 2. The van der Waals surface area contributed by atoms with Crippen molar-refractivity contribution in [2.75, 3.05) is 32.8 Å². The molecule has 0 amide bonds. The number of nitrogens with zero attached hydrogens (tertiary/aromatic N) is 3. The van der Waals surface area contributed by atoms with Gasteiger partial charge in [-0.1, -0.05) is 0 Å². The molecule has 0 spiro atoms. The van der Waals surface area contributed by atoms with Crippen LogP contribution < -0.4 is 5.32 Å². The normalized spacial score (nSPS) is 21.1. The molecule has 0 bridgehead atoms. The third-order valence-electron chi connectivity index (χ3n) is 3.51. The van der Waals surface area contributed by atoms with Crippen molar-refractivity contribution in [3.8, 4) is 0 Å². The fourth-order valence-electron chi connectivity index (χ4n) is 2.42. The van der Waals surface area contributed by atoms with E-state index in [0.717, 1.165) is 37.6 Å². The van der Waals surface area contributed by atoms with Crippen molar-refractivity contribution in [3.63, 3.8) is 0 Å². The SMILES string of the molecule is Cc1nccnc1C(C)(CO)N1CCNCC1. The molecule has 1 atom stereocenters. The van der Waals surface area contributed by atoms with Crippen LogP contribution in [0.25, 0.3) is 0 Å². The number of aliphatic hydroxyl groups is 1. The van der Waals surface area contributed by atoms with Gasteiger partial charge in [-0.15, -0.1) is 0 Å². The third kappa shape index (κ3) is 2.31. The molecule has 0 aliphatic carbocycles. The van der Waals surface area contributed by atoms with Crippen molar-refractivity contribution in [3.05, 3.63) is 23.8 Å². The Morgan fingerprint density at radius 3 is 2.59 bits per heavy atom. The number of aryl methyl sites for hydroxylation is 1. The van der Waals surface area contributed by atoms with Crippen LogP contribution in [0.4, 0.5) is 0 Å². The molecular formula is C12H20N4O. The van der Waals surface area contributed by atoms with Gasteiger partial charge in [-0.25, -0.2) is 0 Å². The molecule has 94 valence electrons. The van der Waals surface area contributed by atoms with Gasteiger partial charge in [0, 0.05) is 38.6 Å². The zero-order valence-electron chi connectivity index (χ0n) is 10.5. The molecule has 1 aromatic heterocycles. The fourth-order valence-corrected chi connectivity index (χ4v) is 2.42. The first-order chi connectivity index (χ1) is 8.18. The minimum atomic E-state index is -0.430. The highest BCUT2D eigenvalue weighted by Gasteiger charge is 2.36. The van der Waals surface area contributed by atoms with E-state index in [0.29, 0.717) is 0 Å². The number of hydrogen-bond acceptors (Lipinski definition) is 5. The number of rotatable bonds is 3. The molecule has 1 aliphatic rings. The summed E-state index contributed by atoms with van der Waals surface area (Å²) < 4.78 is 0. The topological polar surface area (TPSA) is 61.3 Å². The van der Waals surface area contributed by atoms with E-state index >= 15 is 0 Å². The van der Waals surface area contributed by atoms with Crippen LogP contribution in [-0.2, 0) is 5.54 Å². The monoisotopic (exact) mass is 236 g/mol. The van der Waals surface area contributed by atoms with Gasteiger partial charge >= 0.3 is 0 Å². The number of piperazine rings is 1. The molecule has 1 saturated heterocycles. The third-order valence-corrected chi connectivity index (χ3v) is 3.51. The average molecular weight is 236 g/mol. The first-order valence-corrected chi connectivity index (χ1v) is 6.03. The van der Waals surface area contributed by atoms with Gasteiger partial charge in [-0.2, -0.15) is 0 Å². The minimum Gasteiger partial charge on any atom is -0.394 e. The maximum Gasteiger partial charge on any atom is 0.0858 e. The van der Waals surface area contributed by atoms with E-state index in [1.54, 1.807) is 12.4 Å². The summed E-state index contributed by atoms with van der Waals surface area (Å²) in [4.78, 5) is 11.0. The van der Waals surface area contributed by atoms with E-state index in [1.165, 1.54) is 0 Å².